The van der Waals surface area contributed by atoms with Crippen molar-refractivity contribution in [2.24, 2.45) is 5.84 Å². The van der Waals surface area contributed by atoms with Gasteiger partial charge in [-0.2, -0.15) is 0 Å². The van der Waals surface area contributed by atoms with Gasteiger partial charge in [-0.15, -0.1) is 0 Å². The summed E-state index contributed by atoms with van der Waals surface area (Å²) in [6.45, 7) is 2.58. The zero-order valence-electron chi connectivity index (χ0n) is 8.42. The van der Waals surface area contributed by atoms with Gasteiger partial charge in [0.25, 0.3) is 5.91 Å². The third-order valence-electron chi connectivity index (χ3n) is 1.78. The van der Waals surface area contributed by atoms with Crippen LogP contribution in [0.15, 0.2) is 22.7 Å². The van der Waals surface area contributed by atoms with Gasteiger partial charge in [0.05, 0.1) is 12.2 Å². The maximum Gasteiger partial charge on any atom is 0.268 e. The Kier molecular flexibility index (Phi) is 4.58. The van der Waals surface area contributed by atoms with Crippen LogP contribution in [0.5, 0.6) is 5.75 Å². The first-order valence-corrected chi connectivity index (χ1v) is 5.41. The number of carbonyl (C=O) groups is 1. The van der Waals surface area contributed by atoms with Crippen LogP contribution in [0, 0.1) is 0 Å². The summed E-state index contributed by atoms with van der Waals surface area (Å²) in [6.07, 6.45) is 0.889. The summed E-state index contributed by atoms with van der Waals surface area (Å²) in [5, 5.41) is 0. The van der Waals surface area contributed by atoms with Crippen LogP contribution in [0.25, 0.3) is 0 Å². The Morgan fingerprint density at radius 1 is 1.60 bits per heavy atom. The maximum atomic E-state index is 11.4. The second kappa shape index (κ2) is 5.72. The first-order chi connectivity index (χ1) is 7.19. The predicted octanol–water partition coefficient (Wildman–Crippen LogP) is 1.84. The summed E-state index contributed by atoms with van der Waals surface area (Å²) in [5.41, 5.74) is 2.52. The zero-order valence-corrected chi connectivity index (χ0v) is 10.0. The number of nitrogen functional groups attached to an aromatic ring is 1. The summed E-state index contributed by atoms with van der Waals surface area (Å²) >= 11 is 3.29. The number of hydrazine groups is 1. The quantitative estimate of drug-likeness (QED) is 0.500. The van der Waals surface area contributed by atoms with E-state index < -0.39 is 0 Å². The minimum absolute atomic E-state index is 0.359. The molecule has 1 aromatic carbocycles. The van der Waals surface area contributed by atoms with Gasteiger partial charge >= 0.3 is 0 Å². The second-order valence-electron chi connectivity index (χ2n) is 2.96. The van der Waals surface area contributed by atoms with E-state index in [-0.39, 0.29) is 5.91 Å². The fourth-order valence-electron chi connectivity index (χ4n) is 1.10. The number of carbonyl (C=O) groups excluding carboxylic acids is 1. The van der Waals surface area contributed by atoms with Crippen LogP contribution < -0.4 is 16.0 Å². The SMILES string of the molecule is CCCOc1ccc(Br)cc1C(=O)NN. The molecule has 1 rings (SSSR count). The lowest BCUT2D eigenvalue weighted by atomic mass is 10.2. The van der Waals surface area contributed by atoms with Gasteiger partial charge in [-0.3, -0.25) is 10.2 Å². The number of benzene rings is 1. The van der Waals surface area contributed by atoms with E-state index in [4.69, 9.17) is 10.6 Å². The molecule has 0 heterocycles. The second-order valence-corrected chi connectivity index (χ2v) is 3.88. The molecule has 0 unspecified atom stereocenters. The van der Waals surface area contributed by atoms with E-state index in [2.05, 4.69) is 21.4 Å². The molecular formula is C10H13BrN2O2. The van der Waals surface area contributed by atoms with Gasteiger partial charge < -0.3 is 4.74 Å². The van der Waals surface area contributed by atoms with Crippen molar-refractivity contribution in [3.63, 3.8) is 0 Å². The van der Waals surface area contributed by atoms with E-state index in [1.807, 2.05) is 13.0 Å². The Balaban J connectivity index is 2.97. The lowest BCUT2D eigenvalue weighted by Gasteiger charge is -2.09. The highest BCUT2D eigenvalue weighted by Gasteiger charge is 2.11. The highest BCUT2D eigenvalue weighted by Crippen LogP contribution is 2.23. The lowest BCUT2D eigenvalue weighted by molar-refractivity contribution is 0.0949. The number of nitrogens with one attached hydrogen (secondary N) is 1. The fourth-order valence-corrected chi connectivity index (χ4v) is 1.46. The number of amides is 1. The smallest absolute Gasteiger partial charge is 0.268 e. The molecule has 15 heavy (non-hydrogen) atoms. The summed E-state index contributed by atoms with van der Waals surface area (Å²) in [6, 6.07) is 5.23. The van der Waals surface area contributed by atoms with Crippen molar-refractivity contribution in [3.05, 3.63) is 28.2 Å². The van der Waals surface area contributed by atoms with Crippen molar-refractivity contribution in [2.75, 3.05) is 6.61 Å². The maximum absolute atomic E-state index is 11.4. The minimum atomic E-state index is -0.359. The van der Waals surface area contributed by atoms with Crippen molar-refractivity contribution in [3.8, 4) is 5.75 Å². The van der Waals surface area contributed by atoms with E-state index in [0.717, 1.165) is 10.9 Å². The third kappa shape index (κ3) is 3.21. The molecule has 0 bridgehead atoms. The topological polar surface area (TPSA) is 64.3 Å². The summed E-state index contributed by atoms with van der Waals surface area (Å²) in [5.74, 6) is 5.27. The van der Waals surface area contributed by atoms with E-state index in [9.17, 15) is 4.79 Å². The van der Waals surface area contributed by atoms with Crippen LogP contribution in [0.2, 0.25) is 0 Å². The summed E-state index contributed by atoms with van der Waals surface area (Å²) < 4.78 is 6.24. The Bertz CT molecular complexity index is 355. The van der Waals surface area contributed by atoms with Crippen molar-refractivity contribution in [1.82, 2.24) is 5.43 Å². The van der Waals surface area contributed by atoms with Crippen molar-refractivity contribution >= 4 is 21.8 Å². The molecule has 0 fully saturated rings. The van der Waals surface area contributed by atoms with Crippen molar-refractivity contribution in [1.29, 1.82) is 0 Å². The normalized spacial score (nSPS) is 9.80. The molecule has 0 aromatic heterocycles. The van der Waals surface area contributed by atoms with Crippen molar-refractivity contribution in [2.45, 2.75) is 13.3 Å². The van der Waals surface area contributed by atoms with Gasteiger partial charge in [0, 0.05) is 4.47 Å². The molecule has 0 aliphatic carbocycles. The monoisotopic (exact) mass is 272 g/mol. The third-order valence-corrected chi connectivity index (χ3v) is 2.27. The number of nitrogens with two attached hydrogens (primary N) is 1. The molecule has 5 heteroatoms. The van der Waals surface area contributed by atoms with Gasteiger partial charge in [0.1, 0.15) is 5.75 Å². The van der Waals surface area contributed by atoms with E-state index in [1.165, 1.54) is 0 Å². The molecule has 0 aliphatic heterocycles. The number of hydrogen-bond acceptors (Lipinski definition) is 3. The molecule has 0 spiro atoms. The number of rotatable bonds is 4. The fraction of sp³-hybridized carbons (Fsp3) is 0.300. The van der Waals surface area contributed by atoms with E-state index in [0.29, 0.717) is 17.9 Å². The number of ether oxygens (including phenoxy) is 1. The standard InChI is InChI=1S/C10H13BrN2O2/c1-2-5-15-9-4-3-7(11)6-8(9)10(14)13-12/h3-4,6H,2,5,12H2,1H3,(H,13,14). The minimum Gasteiger partial charge on any atom is -0.493 e. The van der Waals surface area contributed by atoms with E-state index in [1.54, 1.807) is 12.1 Å². The molecule has 4 nitrogen and oxygen atoms in total. The molecule has 82 valence electrons. The molecule has 0 radical (unpaired) electrons. The first kappa shape index (κ1) is 12.0. The van der Waals surface area contributed by atoms with Gasteiger partial charge in [0.2, 0.25) is 0 Å². The molecule has 0 saturated carbocycles. The van der Waals surface area contributed by atoms with Crippen molar-refractivity contribution < 1.29 is 9.53 Å². The first-order valence-electron chi connectivity index (χ1n) is 4.62. The predicted molar refractivity (Wildman–Crippen MR) is 61.6 cm³/mol. The molecule has 0 atom stereocenters. The highest BCUT2D eigenvalue weighted by atomic mass is 79.9. The molecule has 1 amide bonds. The van der Waals surface area contributed by atoms with Crippen LogP contribution >= 0.6 is 15.9 Å². The van der Waals surface area contributed by atoms with E-state index >= 15 is 0 Å². The molecule has 0 aliphatic rings. The largest absolute Gasteiger partial charge is 0.493 e. The molecule has 0 saturated heterocycles. The average Bonchev–Trinajstić information content (AvgIpc) is 2.26. The van der Waals surface area contributed by atoms with Gasteiger partial charge in [-0.05, 0) is 24.6 Å². The summed E-state index contributed by atoms with van der Waals surface area (Å²) in [4.78, 5) is 11.4. The Morgan fingerprint density at radius 3 is 2.93 bits per heavy atom. The van der Waals surface area contributed by atoms with Crippen LogP contribution in [0.3, 0.4) is 0 Å². The van der Waals surface area contributed by atoms with Gasteiger partial charge in [-0.25, -0.2) is 5.84 Å². The Hall–Kier alpha value is -1.07. The highest BCUT2D eigenvalue weighted by molar-refractivity contribution is 9.10. The molecular weight excluding hydrogens is 260 g/mol. The van der Waals surface area contributed by atoms with Gasteiger partial charge in [0.15, 0.2) is 0 Å². The average molecular weight is 273 g/mol. The Labute approximate surface area is 96.9 Å². The lowest BCUT2D eigenvalue weighted by Crippen LogP contribution is -2.30. The number of hydrogen-bond donors (Lipinski definition) is 2. The molecule has 1 aromatic rings. The van der Waals surface area contributed by atoms with Gasteiger partial charge in [-0.1, -0.05) is 22.9 Å². The molecule has 3 N–H and O–H groups in total. The van der Waals surface area contributed by atoms with Crippen LogP contribution in [-0.4, -0.2) is 12.5 Å². The van der Waals surface area contributed by atoms with Crippen LogP contribution in [0.1, 0.15) is 23.7 Å². The Morgan fingerprint density at radius 2 is 2.33 bits per heavy atom. The zero-order chi connectivity index (χ0) is 11.3. The number of halogens is 1. The van der Waals surface area contributed by atoms with Crippen LogP contribution in [-0.2, 0) is 0 Å². The summed E-state index contributed by atoms with van der Waals surface area (Å²) in [7, 11) is 0. The van der Waals surface area contributed by atoms with Crippen LogP contribution in [0.4, 0.5) is 0 Å².